The molecule has 0 fully saturated rings. The van der Waals surface area contributed by atoms with Crippen molar-refractivity contribution in [3.05, 3.63) is 15.9 Å². The summed E-state index contributed by atoms with van der Waals surface area (Å²) in [5, 5.41) is 14.6. The molecule has 124 valence electrons. The Balaban J connectivity index is 3.25. The van der Waals surface area contributed by atoms with Gasteiger partial charge in [0.25, 0.3) is 5.88 Å². The van der Waals surface area contributed by atoms with E-state index < -0.39 is 4.92 Å². The highest BCUT2D eigenvalue weighted by atomic mass is 16.6. The van der Waals surface area contributed by atoms with Crippen LogP contribution in [0.15, 0.2) is 0 Å². The lowest BCUT2D eigenvalue weighted by Crippen LogP contribution is -2.36. The van der Waals surface area contributed by atoms with Gasteiger partial charge in [-0.3, -0.25) is 10.1 Å². The molecular weight excluding hydrogens is 284 g/mol. The Morgan fingerprint density at radius 2 is 1.82 bits per heavy atom. The molecule has 0 saturated heterocycles. The van der Waals surface area contributed by atoms with Crippen molar-refractivity contribution in [3.8, 4) is 5.88 Å². The van der Waals surface area contributed by atoms with Gasteiger partial charge in [0.15, 0.2) is 0 Å². The minimum atomic E-state index is -0.500. The fourth-order valence-electron chi connectivity index (χ4n) is 2.72. The molecule has 0 atom stereocenters. The number of nitro groups is 1. The van der Waals surface area contributed by atoms with Crippen molar-refractivity contribution in [2.24, 2.45) is 5.41 Å². The largest absolute Gasteiger partial charge is 0.473 e. The van der Waals surface area contributed by atoms with Gasteiger partial charge in [-0.05, 0) is 39.5 Å². The minimum Gasteiger partial charge on any atom is -0.473 e. The molecule has 22 heavy (non-hydrogen) atoms. The fraction of sp³-hybridized carbons (Fsp3) is 0.733. The lowest BCUT2D eigenvalue weighted by atomic mass is 9.82. The molecule has 0 radical (unpaired) electrons. The lowest BCUT2D eigenvalue weighted by Gasteiger charge is -2.33. The van der Waals surface area contributed by atoms with Crippen molar-refractivity contribution in [1.82, 2.24) is 9.97 Å². The first-order valence-electron chi connectivity index (χ1n) is 7.39. The Bertz CT molecular complexity index is 550. The summed E-state index contributed by atoms with van der Waals surface area (Å²) < 4.78 is 5.30. The predicted molar refractivity (Wildman–Crippen MR) is 86.4 cm³/mol. The maximum absolute atomic E-state index is 11.4. The number of aryl methyl sites for hydroxylation is 1. The normalized spacial score (nSPS) is 12.1. The first-order chi connectivity index (χ1) is 9.95. The molecule has 0 spiro atoms. The Morgan fingerprint density at radius 1 is 1.23 bits per heavy atom. The Kier molecular flexibility index (Phi) is 5.32. The van der Waals surface area contributed by atoms with Crippen LogP contribution >= 0.6 is 0 Å². The third-order valence-electron chi connectivity index (χ3n) is 2.86. The van der Waals surface area contributed by atoms with Crippen molar-refractivity contribution >= 4 is 11.5 Å². The van der Waals surface area contributed by atoms with E-state index in [1.807, 2.05) is 13.8 Å². The van der Waals surface area contributed by atoms with Crippen molar-refractivity contribution in [2.45, 2.75) is 60.4 Å². The van der Waals surface area contributed by atoms with Crippen LogP contribution in [0.2, 0.25) is 0 Å². The number of nitrogens with one attached hydrogen (secondary N) is 1. The first-order valence-corrected chi connectivity index (χ1v) is 7.39. The number of nitrogens with zero attached hydrogens (tertiary/aromatic N) is 3. The number of hydrogen-bond donors (Lipinski definition) is 1. The zero-order valence-corrected chi connectivity index (χ0v) is 14.5. The molecule has 7 heteroatoms. The average Bonchev–Trinajstić information content (AvgIpc) is 2.23. The van der Waals surface area contributed by atoms with Crippen molar-refractivity contribution < 1.29 is 9.66 Å². The molecule has 0 aliphatic heterocycles. The molecule has 0 bridgehead atoms. The summed E-state index contributed by atoms with van der Waals surface area (Å²) in [5.74, 6) is 0.646. The Hall–Kier alpha value is -1.92. The number of anilines is 1. The molecule has 0 saturated carbocycles. The van der Waals surface area contributed by atoms with Gasteiger partial charge < -0.3 is 10.1 Å². The van der Waals surface area contributed by atoms with E-state index >= 15 is 0 Å². The summed E-state index contributed by atoms with van der Waals surface area (Å²) in [5.41, 5.74) is -0.488. The quantitative estimate of drug-likeness (QED) is 0.636. The van der Waals surface area contributed by atoms with Crippen LogP contribution in [0.4, 0.5) is 11.5 Å². The zero-order chi connectivity index (χ0) is 17.1. The molecule has 0 unspecified atom stereocenters. The van der Waals surface area contributed by atoms with Gasteiger partial charge in [0, 0.05) is 5.54 Å². The molecule has 1 aromatic heterocycles. The maximum Gasteiger partial charge on any atom is 0.372 e. The van der Waals surface area contributed by atoms with Gasteiger partial charge in [-0.1, -0.05) is 20.8 Å². The van der Waals surface area contributed by atoms with E-state index in [0.717, 1.165) is 6.42 Å². The molecule has 0 aliphatic rings. The molecule has 1 aromatic rings. The Morgan fingerprint density at radius 3 is 2.27 bits per heavy atom. The van der Waals surface area contributed by atoms with Crippen LogP contribution in [0.1, 0.15) is 53.8 Å². The smallest absolute Gasteiger partial charge is 0.372 e. The van der Waals surface area contributed by atoms with Crippen molar-refractivity contribution in [3.63, 3.8) is 0 Å². The highest BCUT2D eigenvalue weighted by molar-refractivity contribution is 5.62. The topological polar surface area (TPSA) is 90.2 Å². The molecule has 7 nitrogen and oxygen atoms in total. The van der Waals surface area contributed by atoms with E-state index in [1.54, 1.807) is 13.8 Å². The monoisotopic (exact) mass is 310 g/mol. The maximum atomic E-state index is 11.4. The molecule has 1 heterocycles. The SMILES string of the molecule is CCOc1nc(C)nc(NC(C)(C)CC(C)(C)C)c1[N+](=O)[O-]. The number of rotatable bonds is 6. The second kappa shape index (κ2) is 6.46. The van der Waals surface area contributed by atoms with Crippen LogP contribution in [-0.2, 0) is 0 Å². The number of hydrogen-bond acceptors (Lipinski definition) is 6. The van der Waals surface area contributed by atoms with Gasteiger partial charge >= 0.3 is 5.69 Å². The Labute approximate surface area is 131 Å². The second-order valence-electron chi connectivity index (χ2n) is 7.21. The van der Waals surface area contributed by atoms with Gasteiger partial charge in [-0.25, -0.2) is 4.98 Å². The third-order valence-corrected chi connectivity index (χ3v) is 2.86. The molecule has 1 N–H and O–H groups in total. The summed E-state index contributed by atoms with van der Waals surface area (Å²) in [6.07, 6.45) is 0.824. The average molecular weight is 310 g/mol. The zero-order valence-electron chi connectivity index (χ0n) is 14.5. The van der Waals surface area contributed by atoms with Crippen LogP contribution in [-0.4, -0.2) is 27.0 Å². The fourth-order valence-corrected chi connectivity index (χ4v) is 2.72. The van der Waals surface area contributed by atoms with Crippen LogP contribution < -0.4 is 10.1 Å². The predicted octanol–water partition coefficient (Wildman–Crippen LogP) is 3.72. The van der Waals surface area contributed by atoms with Gasteiger partial charge in [-0.2, -0.15) is 4.98 Å². The number of aromatic nitrogens is 2. The standard InChI is InChI=1S/C15H26N4O3/c1-8-22-13-11(19(20)21)12(16-10(2)17-13)18-15(6,7)9-14(3,4)5/h8-9H2,1-7H3,(H,16,17,18). The van der Waals surface area contributed by atoms with Gasteiger partial charge in [0.2, 0.25) is 5.82 Å². The van der Waals surface area contributed by atoms with E-state index in [9.17, 15) is 10.1 Å². The van der Waals surface area contributed by atoms with E-state index in [1.165, 1.54) is 0 Å². The van der Waals surface area contributed by atoms with Gasteiger partial charge in [0.1, 0.15) is 5.82 Å². The summed E-state index contributed by atoms with van der Waals surface area (Å²) in [4.78, 5) is 19.1. The molecule has 0 aromatic carbocycles. The third kappa shape index (κ3) is 5.13. The van der Waals surface area contributed by atoms with E-state index in [0.29, 0.717) is 12.4 Å². The summed E-state index contributed by atoms with van der Waals surface area (Å²) in [6.45, 7) is 14.1. The molecule has 0 amide bonds. The van der Waals surface area contributed by atoms with Crippen LogP contribution in [0.3, 0.4) is 0 Å². The number of ether oxygens (including phenoxy) is 1. The van der Waals surface area contributed by atoms with Gasteiger partial charge in [0.05, 0.1) is 11.5 Å². The second-order valence-corrected chi connectivity index (χ2v) is 7.21. The summed E-state index contributed by atoms with van der Waals surface area (Å²) >= 11 is 0. The van der Waals surface area contributed by atoms with E-state index in [-0.39, 0.29) is 28.3 Å². The molecule has 0 aliphatic carbocycles. The van der Waals surface area contributed by atoms with Gasteiger partial charge in [-0.15, -0.1) is 0 Å². The van der Waals surface area contributed by atoms with Crippen LogP contribution in [0.25, 0.3) is 0 Å². The summed E-state index contributed by atoms with van der Waals surface area (Å²) in [6, 6.07) is 0. The van der Waals surface area contributed by atoms with Crippen molar-refractivity contribution in [2.75, 3.05) is 11.9 Å². The van der Waals surface area contributed by atoms with Crippen LogP contribution in [0, 0.1) is 22.5 Å². The highest BCUT2D eigenvalue weighted by Crippen LogP contribution is 2.36. The van der Waals surface area contributed by atoms with Crippen molar-refractivity contribution in [1.29, 1.82) is 0 Å². The molecule has 1 rings (SSSR count). The lowest BCUT2D eigenvalue weighted by molar-refractivity contribution is -0.385. The highest BCUT2D eigenvalue weighted by Gasteiger charge is 2.31. The first kappa shape index (κ1) is 18.1. The van der Waals surface area contributed by atoms with E-state index in [4.69, 9.17) is 4.74 Å². The molecular formula is C15H26N4O3. The van der Waals surface area contributed by atoms with E-state index in [2.05, 4.69) is 36.1 Å². The van der Waals surface area contributed by atoms with Crippen LogP contribution in [0.5, 0.6) is 5.88 Å². The summed E-state index contributed by atoms with van der Waals surface area (Å²) in [7, 11) is 0. The minimum absolute atomic E-state index is 0.00839.